The van der Waals surface area contributed by atoms with Crippen LogP contribution in [0.2, 0.25) is 0 Å². The summed E-state index contributed by atoms with van der Waals surface area (Å²) >= 11 is 1.27. The summed E-state index contributed by atoms with van der Waals surface area (Å²) in [5, 5.41) is 0.571. The minimum atomic E-state index is -2.90. The maximum absolute atomic E-state index is 13.2. The third kappa shape index (κ3) is 3.75. The first-order valence-electron chi connectivity index (χ1n) is 7.80. The molecule has 0 saturated heterocycles. The molecule has 6 heteroatoms. The molecule has 1 aliphatic heterocycles. The zero-order valence-electron chi connectivity index (χ0n) is 13.3. The zero-order chi connectivity index (χ0) is 17.2. The van der Waals surface area contributed by atoms with Crippen LogP contribution >= 0.6 is 11.8 Å². The largest absolute Gasteiger partial charge is 0.311 e. The van der Waals surface area contributed by atoms with Gasteiger partial charge in [-0.2, -0.15) is 0 Å². The summed E-state index contributed by atoms with van der Waals surface area (Å²) in [6, 6.07) is 10.8. The van der Waals surface area contributed by atoms with Crippen LogP contribution in [0, 0.1) is 0 Å². The van der Waals surface area contributed by atoms with Gasteiger partial charge in [0.1, 0.15) is 0 Å². The summed E-state index contributed by atoms with van der Waals surface area (Å²) < 4.78 is 26.4. The molecular weight excluding hydrogens is 330 g/mol. The lowest BCUT2D eigenvalue weighted by Gasteiger charge is -2.29. The molecule has 0 spiro atoms. The average molecular weight is 348 g/mol. The number of carbonyl (C=O) groups excluding carboxylic acids is 1. The molecule has 3 rings (SSSR count). The van der Waals surface area contributed by atoms with Crippen LogP contribution in [0.15, 0.2) is 47.6 Å². The van der Waals surface area contributed by atoms with E-state index in [0.29, 0.717) is 11.6 Å². The monoisotopic (exact) mass is 348 g/mol. The minimum Gasteiger partial charge on any atom is -0.311 e. The second kappa shape index (κ2) is 6.89. The van der Waals surface area contributed by atoms with Gasteiger partial charge in [0.05, 0.1) is 10.8 Å². The van der Waals surface area contributed by atoms with Gasteiger partial charge in [0.25, 0.3) is 5.92 Å². The summed E-state index contributed by atoms with van der Waals surface area (Å²) in [6.07, 6.45) is 3.11. The molecule has 1 aromatic heterocycles. The van der Waals surface area contributed by atoms with Crippen LogP contribution in [-0.4, -0.2) is 23.2 Å². The van der Waals surface area contributed by atoms with E-state index < -0.39 is 5.92 Å². The Labute approximate surface area is 144 Å². The van der Waals surface area contributed by atoms with Crippen molar-refractivity contribution in [3.63, 3.8) is 0 Å². The van der Waals surface area contributed by atoms with Crippen molar-refractivity contribution < 1.29 is 13.6 Å². The maximum Gasteiger partial charge on any atom is 0.272 e. The van der Waals surface area contributed by atoms with Crippen molar-refractivity contribution in [3.05, 3.63) is 53.7 Å². The summed E-state index contributed by atoms with van der Waals surface area (Å²) in [5.74, 6) is -2.65. The first-order valence-corrected chi connectivity index (χ1v) is 8.79. The fourth-order valence-corrected chi connectivity index (χ4v) is 3.45. The number of alkyl halides is 2. The van der Waals surface area contributed by atoms with E-state index in [4.69, 9.17) is 0 Å². The van der Waals surface area contributed by atoms with Crippen molar-refractivity contribution in [3.8, 4) is 0 Å². The van der Waals surface area contributed by atoms with Crippen LogP contribution in [0.25, 0.3) is 0 Å². The topological polar surface area (TPSA) is 33.2 Å². The molecule has 0 bridgehead atoms. The molecular formula is C18H18F2N2OS. The number of halogens is 2. The summed E-state index contributed by atoms with van der Waals surface area (Å²) in [6.45, 7) is 1.55. The number of nitrogens with zero attached hydrogens (tertiary/aromatic N) is 2. The third-order valence-corrected chi connectivity index (χ3v) is 4.93. The molecule has 24 heavy (non-hydrogen) atoms. The number of aryl methyl sites for hydroxylation is 1. The Morgan fingerprint density at radius 3 is 2.79 bits per heavy atom. The van der Waals surface area contributed by atoms with Gasteiger partial charge in [0, 0.05) is 30.9 Å². The van der Waals surface area contributed by atoms with Gasteiger partial charge in [-0.3, -0.25) is 4.79 Å². The molecule has 0 fully saturated rings. The van der Waals surface area contributed by atoms with E-state index in [-0.39, 0.29) is 17.2 Å². The highest BCUT2D eigenvalue weighted by Crippen LogP contribution is 2.29. The third-order valence-electron chi connectivity index (χ3n) is 4.00. The van der Waals surface area contributed by atoms with Gasteiger partial charge in [0.2, 0.25) is 5.91 Å². The molecule has 0 unspecified atom stereocenters. The van der Waals surface area contributed by atoms with Crippen molar-refractivity contribution in [2.24, 2.45) is 0 Å². The van der Waals surface area contributed by atoms with E-state index in [0.717, 1.165) is 25.5 Å². The highest BCUT2D eigenvalue weighted by atomic mass is 32.2. The van der Waals surface area contributed by atoms with Gasteiger partial charge >= 0.3 is 0 Å². The Kier molecular flexibility index (Phi) is 4.85. The normalized spacial score (nSPS) is 14.4. The predicted octanol–water partition coefficient (Wildman–Crippen LogP) is 4.26. The van der Waals surface area contributed by atoms with E-state index in [1.807, 2.05) is 24.3 Å². The van der Waals surface area contributed by atoms with E-state index in [1.54, 1.807) is 4.90 Å². The molecule has 0 saturated carbocycles. The smallest absolute Gasteiger partial charge is 0.272 e. The number of amides is 1. The number of para-hydroxylation sites is 1. The summed E-state index contributed by atoms with van der Waals surface area (Å²) in [4.78, 5) is 18.3. The van der Waals surface area contributed by atoms with Gasteiger partial charge in [-0.1, -0.05) is 30.0 Å². The Balaban J connectivity index is 1.64. The van der Waals surface area contributed by atoms with Gasteiger partial charge in [0.15, 0.2) is 0 Å². The van der Waals surface area contributed by atoms with Crippen molar-refractivity contribution in [1.82, 2.24) is 4.98 Å². The van der Waals surface area contributed by atoms with Gasteiger partial charge in [-0.15, -0.1) is 0 Å². The number of anilines is 1. The number of hydrogen-bond acceptors (Lipinski definition) is 3. The number of pyridine rings is 1. The van der Waals surface area contributed by atoms with Crippen molar-refractivity contribution in [1.29, 1.82) is 0 Å². The molecule has 2 aromatic rings. The first kappa shape index (κ1) is 16.9. The highest BCUT2D eigenvalue weighted by molar-refractivity contribution is 7.99. The number of benzene rings is 1. The molecule has 2 heterocycles. The lowest BCUT2D eigenvalue weighted by atomic mass is 10.0. The highest BCUT2D eigenvalue weighted by Gasteiger charge is 2.25. The number of fused-ring (bicyclic) bond motifs is 1. The molecule has 0 atom stereocenters. The average Bonchev–Trinajstić information content (AvgIpc) is 2.59. The second-order valence-corrected chi connectivity index (χ2v) is 6.84. The number of hydrogen-bond donors (Lipinski definition) is 0. The molecule has 0 N–H and O–H groups in total. The van der Waals surface area contributed by atoms with Crippen molar-refractivity contribution >= 4 is 23.4 Å². The molecule has 0 radical (unpaired) electrons. The Morgan fingerprint density at radius 2 is 2.08 bits per heavy atom. The van der Waals surface area contributed by atoms with Gasteiger partial charge in [-0.25, -0.2) is 13.8 Å². The van der Waals surface area contributed by atoms with Crippen LogP contribution in [0.1, 0.15) is 24.5 Å². The molecule has 126 valence electrons. The Hall–Kier alpha value is -1.95. The minimum absolute atomic E-state index is 0.0128. The lowest BCUT2D eigenvalue weighted by Crippen LogP contribution is -2.36. The number of carbonyl (C=O) groups is 1. The number of thioether (sulfide) groups is 1. The van der Waals surface area contributed by atoms with Crippen molar-refractivity contribution in [2.45, 2.75) is 30.7 Å². The standard InChI is InChI=1S/C18H18F2N2OS/c1-18(19,20)14-8-9-16(21-11-14)24-12-17(23)22-10-4-6-13-5-2-3-7-15(13)22/h2-3,5,7-9,11H,4,6,10,12H2,1H3. The molecule has 1 amide bonds. The molecule has 1 aromatic carbocycles. The Bertz CT molecular complexity index is 729. The van der Waals surface area contributed by atoms with Crippen LogP contribution < -0.4 is 4.90 Å². The first-order chi connectivity index (χ1) is 11.4. The Morgan fingerprint density at radius 1 is 1.29 bits per heavy atom. The SMILES string of the molecule is CC(F)(F)c1ccc(SCC(=O)N2CCCc3ccccc32)nc1. The maximum atomic E-state index is 13.2. The molecule has 0 aliphatic carbocycles. The molecule has 3 nitrogen and oxygen atoms in total. The number of rotatable bonds is 4. The number of aromatic nitrogens is 1. The van der Waals surface area contributed by atoms with Crippen molar-refractivity contribution in [2.75, 3.05) is 17.2 Å². The van der Waals surface area contributed by atoms with Crippen LogP contribution in [0.3, 0.4) is 0 Å². The van der Waals surface area contributed by atoms with Gasteiger partial charge < -0.3 is 4.90 Å². The van der Waals surface area contributed by atoms with E-state index >= 15 is 0 Å². The zero-order valence-corrected chi connectivity index (χ0v) is 14.2. The fourth-order valence-electron chi connectivity index (χ4n) is 2.73. The molecule has 1 aliphatic rings. The van der Waals surface area contributed by atoms with Crippen LogP contribution in [0.4, 0.5) is 14.5 Å². The van der Waals surface area contributed by atoms with E-state index in [2.05, 4.69) is 4.98 Å². The van der Waals surface area contributed by atoms with E-state index in [9.17, 15) is 13.6 Å². The second-order valence-electron chi connectivity index (χ2n) is 5.84. The van der Waals surface area contributed by atoms with Crippen LogP contribution in [-0.2, 0) is 17.1 Å². The summed E-state index contributed by atoms with van der Waals surface area (Å²) in [7, 11) is 0. The summed E-state index contributed by atoms with van der Waals surface area (Å²) in [5.41, 5.74) is 2.04. The van der Waals surface area contributed by atoms with Gasteiger partial charge in [-0.05, 0) is 36.6 Å². The fraction of sp³-hybridized carbons (Fsp3) is 0.333. The van der Waals surface area contributed by atoms with E-state index in [1.165, 1.54) is 35.7 Å². The quantitative estimate of drug-likeness (QED) is 0.774. The lowest BCUT2D eigenvalue weighted by molar-refractivity contribution is -0.116. The van der Waals surface area contributed by atoms with Crippen LogP contribution in [0.5, 0.6) is 0 Å². The predicted molar refractivity (Wildman–Crippen MR) is 91.6 cm³/mol.